The quantitative estimate of drug-likeness (QED) is 0.273. The van der Waals surface area contributed by atoms with Crippen LogP contribution >= 0.6 is 278 Å². The summed E-state index contributed by atoms with van der Waals surface area (Å²) >= 11 is 115. The smallest absolute Gasteiger partial charge is 0.110 e. The third-order valence-corrected chi connectivity index (χ3v) is 0.784. The predicted octanol–water partition coefficient (Wildman–Crippen LogP) is 16.8. The highest BCUT2D eigenvalue weighted by Crippen LogP contribution is 2.04. The van der Waals surface area contributed by atoms with Crippen LogP contribution in [0.1, 0.15) is 6.42 Å². The van der Waals surface area contributed by atoms with Gasteiger partial charge < -0.3 is 5.11 Å². The van der Waals surface area contributed by atoms with Gasteiger partial charge >= 0.3 is 0 Å². The molecule has 0 aliphatic rings. The van der Waals surface area contributed by atoms with Crippen LogP contribution in [0.3, 0.4) is 0 Å². The summed E-state index contributed by atoms with van der Waals surface area (Å²) in [6.07, 6.45) is 0.461. The van der Waals surface area contributed by atoms with Gasteiger partial charge in [0.1, 0.15) is 4.84 Å². The van der Waals surface area contributed by atoms with Gasteiger partial charge in [-0.1, -0.05) is 0 Å². The van der Waals surface area contributed by atoms with Crippen molar-refractivity contribution in [2.75, 3.05) is 65.3 Å². The summed E-state index contributed by atoms with van der Waals surface area (Å²) in [7, 11) is 0. The highest BCUT2D eigenvalue weighted by molar-refractivity contribution is 6.44. The van der Waals surface area contributed by atoms with Crippen molar-refractivity contribution in [3.05, 3.63) is 0 Å². The normalized spacial score (nSPS) is 6.62. The van der Waals surface area contributed by atoms with Crippen molar-refractivity contribution in [2.24, 2.45) is 0 Å². The monoisotopic (exact) mass is 1050 g/mol. The molecule has 25 heteroatoms. The summed E-state index contributed by atoms with van der Waals surface area (Å²) in [5, 5.41) is 10.2. The van der Waals surface area contributed by atoms with Crippen molar-refractivity contribution in [1.82, 2.24) is 0 Å². The Morgan fingerprint density at radius 2 is 0.359 bits per heavy atom. The number of halogens is 24. The van der Waals surface area contributed by atoms with Crippen LogP contribution in [-0.2, 0) is 0 Å². The van der Waals surface area contributed by atoms with Crippen LogP contribution in [0.25, 0.3) is 0 Å². The van der Waals surface area contributed by atoms with Gasteiger partial charge in [-0.05, 0) is 0 Å². The number of alkyl halides is 24. The molecule has 0 amide bonds. The van der Waals surface area contributed by atoms with Crippen molar-refractivity contribution >= 4 is 278 Å². The molecule has 0 saturated carbocycles. The van der Waals surface area contributed by atoms with Gasteiger partial charge in [-0.3, -0.25) is 0 Å². The molecular formula is C14H28Cl24O. The molecule has 0 aromatic heterocycles. The Labute approximate surface area is 355 Å². The zero-order valence-electron chi connectivity index (χ0n) is 19.3. The molecule has 0 heterocycles. The lowest BCUT2D eigenvalue weighted by atomic mass is 10.5. The van der Waals surface area contributed by atoms with Gasteiger partial charge in [0, 0.05) is 13.0 Å². The van der Waals surface area contributed by atoms with Crippen LogP contribution in [0.15, 0.2) is 0 Å². The van der Waals surface area contributed by atoms with E-state index in [4.69, 9.17) is 284 Å². The summed E-state index contributed by atoms with van der Waals surface area (Å²) < 4.78 is 0. The van der Waals surface area contributed by atoms with Gasteiger partial charge in [0.25, 0.3) is 0 Å². The third kappa shape index (κ3) is 841. The summed E-state index contributed by atoms with van der Waals surface area (Å²) in [6, 6.07) is 0. The molecule has 0 spiro atoms. The number of hydrogen-bond acceptors (Lipinski definition) is 1. The largest absolute Gasteiger partial charge is 0.396 e. The Morgan fingerprint density at radius 3 is 0.359 bits per heavy atom. The van der Waals surface area contributed by atoms with Crippen molar-refractivity contribution in [3.63, 3.8) is 0 Å². The molecule has 0 aliphatic carbocycles. The number of aliphatic hydroxyl groups is 1. The first kappa shape index (κ1) is 80.5. The summed E-state index contributed by atoms with van der Waals surface area (Å²) in [5.74, 6) is 0. The Hall–Kier alpha value is 6.92. The molecule has 0 saturated heterocycles. The van der Waals surface area contributed by atoms with E-state index >= 15 is 0 Å². The zero-order valence-corrected chi connectivity index (χ0v) is 37.4. The van der Waals surface area contributed by atoms with Gasteiger partial charge in [-0.2, -0.15) is 0 Å². The fourth-order valence-corrected chi connectivity index (χ4v) is 0.293. The lowest BCUT2D eigenvalue weighted by Gasteiger charge is -1.90. The second kappa shape index (κ2) is 165. The zero-order chi connectivity index (χ0) is 34.8. The van der Waals surface area contributed by atoms with Crippen molar-refractivity contribution in [1.29, 1.82) is 0 Å². The minimum atomic E-state index is -0.407. The summed E-state index contributed by atoms with van der Waals surface area (Å²) in [5.41, 5.74) is 0. The standard InChI is InChI=1S/C3H6Cl2O.11CH2Cl2/c4-3(5)1-2-6;11*2-1-3/h3,6H,1-2H2;11*1H2. The molecule has 1 N–H and O–H groups in total. The van der Waals surface area contributed by atoms with Crippen LogP contribution in [0.4, 0.5) is 0 Å². The first-order valence-corrected chi connectivity index (χ1v) is 20.2. The van der Waals surface area contributed by atoms with Gasteiger partial charge in [0.05, 0.1) is 58.7 Å². The van der Waals surface area contributed by atoms with Crippen molar-refractivity contribution in [2.45, 2.75) is 11.3 Å². The van der Waals surface area contributed by atoms with E-state index in [2.05, 4.69) is 0 Å². The Kier molecular flexibility index (Phi) is 341. The number of hydrogen-bond donors (Lipinski definition) is 1. The van der Waals surface area contributed by atoms with E-state index in [0.717, 1.165) is 0 Å². The van der Waals surface area contributed by atoms with E-state index in [-0.39, 0.29) is 65.3 Å². The van der Waals surface area contributed by atoms with Gasteiger partial charge in [0.15, 0.2) is 0 Å². The SMILES string of the molecule is ClCCl.ClCCl.ClCCl.ClCCl.ClCCl.ClCCl.ClCCl.ClCCl.ClCCl.ClCCl.ClCCl.OCCC(Cl)Cl. The molecule has 0 aromatic carbocycles. The van der Waals surface area contributed by atoms with Gasteiger partial charge in [-0.15, -0.1) is 278 Å². The molecule has 0 fully saturated rings. The predicted molar refractivity (Wildman–Crippen MR) is 209 cm³/mol. The molecule has 0 aliphatic heterocycles. The molecule has 258 valence electrons. The molecule has 0 unspecified atom stereocenters. The fraction of sp³-hybridized carbons (Fsp3) is 1.00. The summed E-state index contributed by atoms with van der Waals surface area (Å²) in [4.78, 5) is -0.407. The van der Waals surface area contributed by atoms with Crippen LogP contribution in [-0.4, -0.2) is 75.3 Å². The summed E-state index contributed by atoms with van der Waals surface area (Å²) in [6.45, 7) is 0.0671. The van der Waals surface area contributed by atoms with E-state index in [1.54, 1.807) is 0 Å². The molecule has 0 radical (unpaired) electrons. The first-order chi connectivity index (χ1) is 18.3. The molecule has 1 nitrogen and oxygen atoms in total. The van der Waals surface area contributed by atoms with Crippen LogP contribution < -0.4 is 0 Å². The topological polar surface area (TPSA) is 20.2 Å². The third-order valence-electron chi connectivity index (χ3n) is 0.347. The average molecular weight is 1060 g/mol. The van der Waals surface area contributed by atoms with E-state index in [9.17, 15) is 0 Å². The number of rotatable bonds is 2. The maximum absolute atomic E-state index is 8.07. The minimum absolute atomic E-state index is 0.0671. The van der Waals surface area contributed by atoms with E-state index in [1.807, 2.05) is 0 Å². The first-order valence-electron chi connectivity index (χ1n) is 7.54. The van der Waals surface area contributed by atoms with Gasteiger partial charge in [-0.25, -0.2) is 0 Å². The van der Waals surface area contributed by atoms with E-state index < -0.39 is 4.84 Å². The fourth-order valence-electron chi connectivity index (χ4n) is 0.0976. The molecular weight excluding hydrogens is 1040 g/mol. The molecule has 0 atom stereocenters. The van der Waals surface area contributed by atoms with Crippen LogP contribution in [0.5, 0.6) is 0 Å². The highest BCUT2D eigenvalue weighted by Gasteiger charge is 1.92. The maximum atomic E-state index is 8.07. The molecule has 0 aromatic rings. The molecule has 39 heavy (non-hydrogen) atoms. The minimum Gasteiger partial charge on any atom is -0.396 e. The van der Waals surface area contributed by atoms with E-state index in [1.165, 1.54) is 0 Å². The second-order valence-electron chi connectivity index (χ2n) is 2.01. The highest BCUT2D eigenvalue weighted by atomic mass is 35.6. The van der Waals surface area contributed by atoms with Crippen LogP contribution in [0.2, 0.25) is 0 Å². The number of aliphatic hydroxyl groups excluding tert-OH is 1. The van der Waals surface area contributed by atoms with Gasteiger partial charge in [0.2, 0.25) is 0 Å². The lowest BCUT2D eigenvalue weighted by Crippen LogP contribution is -1.89. The molecule has 0 rings (SSSR count). The Balaban J connectivity index is -0.0000000206. The van der Waals surface area contributed by atoms with E-state index in [0.29, 0.717) is 6.42 Å². The molecule has 0 bridgehead atoms. The average Bonchev–Trinajstić information content (AvgIpc) is 2.80. The lowest BCUT2D eigenvalue weighted by molar-refractivity contribution is 0.293. The maximum Gasteiger partial charge on any atom is 0.110 e. The Morgan fingerprint density at radius 1 is 0.282 bits per heavy atom. The van der Waals surface area contributed by atoms with Crippen LogP contribution in [0, 0.1) is 0 Å². The van der Waals surface area contributed by atoms with Crippen molar-refractivity contribution < 1.29 is 5.11 Å². The van der Waals surface area contributed by atoms with Crippen molar-refractivity contribution in [3.8, 4) is 0 Å². The Bertz CT molecular complexity index is 131. The second-order valence-corrected chi connectivity index (χ2v) is 12.2.